The normalized spacial score (nSPS) is 20.6. The van der Waals surface area contributed by atoms with Gasteiger partial charge in [0.1, 0.15) is 0 Å². The number of hydrogen-bond acceptors (Lipinski definition) is 5. The lowest BCUT2D eigenvalue weighted by molar-refractivity contribution is -0.138. The number of carbonyl (C=O) groups excluding carboxylic acids is 3. The molecule has 1 unspecified atom stereocenters. The van der Waals surface area contributed by atoms with Gasteiger partial charge in [-0.2, -0.15) is 0 Å². The molecule has 2 aromatic rings. The van der Waals surface area contributed by atoms with Gasteiger partial charge in [-0.1, -0.05) is 6.07 Å². The first-order chi connectivity index (χ1) is 14.9. The van der Waals surface area contributed by atoms with Crippen LogP contribution in [0.2, 0.25) is 0 Å². The molecule has 1 N–H and O–H groups in total. The number of esters is 1. The Morgan fingerprint density at radius 1 is 1.26 bits per heavy atom. The molecule has 0 bridgehead atoms. The van der Waals surface area contributed by atoms with Crippen molar-refractivity contribution in [3.63, 3.8) is 0 Å². The van der Waals surface area contributed by atoms with Crippen LogP contribution in [0.4, 0.5) is 5.69 Å². The second-order valence-corrected chi connectivity index (χ2v) is 10.2. The number of ether oxygens (including phenoxy) is 1. The van der Waals surface area contributed by atoms with Gasteiger partial charge in [0.05, 0.1) is 21.3 Å². The summed E-state index contributed by atoms with van der Waals surface area (Å²) in [6, 6.07) is 9.13. The number of hydrogen-bond donors (Lipinski definition) is 1. The molecule has 0 spiro atoms. The third-order valence-electron chi connectivity index (χ3n) is 5.49. The topological polar surface area (TPSA) is 75.7 Å². The number of thiophene rings is 1. The minimum Gasteiger partial charge on any atom is -0.462 e. The highest BCUT2D eigenvalue weighted by Crippen LogP contribution is 2.27. The highest BCUT2D eigenvalue weighted by molar-refractivity contribution is 9.11. The van der Waals surface area contributed by atoms with Crippen molar-refractivity contribution < 1.29 is 19.1 Å². The zero-order valence-corrected chi connectivity index (χ0v) is 19.6. The van der Waals surface area contributed by atoms with Crippen molar-refractivity contribution in [1.82, 2.24) is 5.32 Å². The number of nitrogens with one attached hydrogen (secondary N) is 1. The average molecular weight is 503 g/mol. The number of cyclic esters (lactones) is 1. The summed E-state index contributed by atoms with van der Waals surface area (Å²) in [5.74, 6) is -0.425. The number of carbonyl (C=O) groups is 3. The Kier molecular flexibility index (Phi) is 6.57. The number of amides is 2. The molecule has 0 saturated carbocycles. The minimum atomic E-state index is -0.243. The molecule has 8 heteroatoms. The van der Waals surface area contributed by atoms with E-state index in [-0.39, 0.29) is 30.2 Å². The Labute approximate surface area is 193 Å². The Bertz CT molecular complexity index is 1060. The molecule has 4 rings (SSSR count). The lowest BCUT2D eigenvalue weighted by Crippen LogP contribution is -2.36. The zero-order chi connectivity index (χ0) is 22.0. The molecule has 31 heavy (non-hydrogen) atoms. The Hall–Kier alpha value is -2.45. The summed E-state index contributed by atoms with van der Waals surface area (Å²) >= 11 is 4.72. The van der Waals surface area contributed by atoms with Crippen LogP contribution in [0.25, 0.3) is 6.08 Å². The van der Waals surface area contributed by atoms with Crippen molar-refractivity contribution in [2.24, 2.45) is 0 Å². The molecule has 2 aliphatic rings. The Morgan fingerprint density at radius 3 is 2.84 bits per heavy atom. The van der Waals surface area contributed by atoms with Gasteiger partial charge < -0.3 is 15.0 Å². The third kappa shape index (κ3) is 5.07. The smallest absolute Gasteiger partial charge is 0.334 e. The zero-order valence-electron chi connectivity index (χ0n) is 17.2. The molecule has 1 aromatic carbocycles. The van der Waals surface area contributed by atoms with Crippen molar-refractivity contribution in [1.29, 1.82) is 0 Å². The highest BCUT2D eigenvalue weighted by atomic mass is 79.9. The molecule has 2 aliphatic heterocycles. The molecule has 3 heterocycles. The lowest BCUT2D eigenvalue weighted by atomic mass is 10.0. The van der Waals surface area contributed by atoms with Gasteiger partial charge in [-0.15, -0.1) is 11.3 Å². The fraction of sp³-hybridized carbons (Fsp3) is 0.348. The molecule has 2 amide bonds. The van der Waals surface area contributed by atoms with Crippen molar-refractivity contribution in [3.8, 4) is 0 Å². The fourth-order valence-corrected chi connectivity index (χ4v) is 5.12. The van der Waals surface area contributed by atoms with Crippen LogP contribution in [0.1, 0.15) is 46.5 Å². The number of aryl methyl sites for hydroxylation is 1. The third-order valence-corrected chi connectivity index (χ3v) is 7.11. The monoisotopic (exact) mass is 502 g/mol. The van der Waals surface area contributed by atoms with E-state index >= 15 is 0 Å². The average Bonchev–Trinajstić information content (AvgIpc) is 3.26. The molecule has 0 radical (unpaired) electrons. The van der Waals surface area contributed by atoms with Crippen LogP contribution in [-0.4, -0.2) is 37.0 Å². The maximum atomic E-state index is 12.6. The quantitative estimate of drug-likeness (QED) is 0.494. The van der Waals surface area contributed by atoms with E-state index in [1.165, 1.54) is 11.3 Å². The van der Waals surface area contributed by atoms with Crippen molar-refractivity contribution in [2.45, 2.75) is 38.6 Å². The van der Waals surface area contributed by atoms with Crippen LogP contribution < -0.4 is 10.2 Å². The van der Waals surface area contributed by atoms with E-state index in [1.807, 2.05) is 37.3 Å². The summed E-state index contributed by atoms with van der Waals surface area (Å²) in [6.07, 6.45) is 4.70. The maximum Gasteiger partial charge on any atom is 0.334 e. The van der Waals surface area contributed by atoms with Gasteiger partial charge >= 0.3 is 5.97 Å². The molecule has 0 aliphatic carbocycles. The van der Waals surface area contributed by atoms with E-state index in [0.29, 0.717) is 30.0 Å². The fourth-order valence-electron chi connectivity index (χ4n) is 3.83. The van der Waals surface area contributed by atoms with Crippen molar-refractivity contribution in [3.05, 3.63) is 55.7 Å². The summed E-state index contributed by atoms with van der Waals surface area (Å²) in [6.45, 7) is 2.88. The number of anilines is 1. The molecule has 6 nitrogen and oxygen atoms in total. The molecule has 1 aromatic heterocycles. The van der Waals surface area contributed by atoms with Gasteiger partial charge in [-0.3, -0.25) is 9.59 Å². The van der Waals surface area contributed by atoms with Crippen LogP contribution in [0.15, 0.2) is 39.7 Å². The van der Waals surface area contributed by atoms with E-state index < -0.39 is 0 Å². The first kappa shape index (κ1) is 21.8. The van der Waals surface area contributed by atoms with Crippen LogP contribution in [-0.2, 0) is 14.3 Å². The molecule has 1 atom stereocenters. The molecule has 2 fully saturated rings. The standard InChI is InChI=1S/C23H23BrN2O4S/c1-14-10-18(6-5-15(14)11-16-4-2-3-9-30-23(16)29)26-13-17(12-21(26)27)25-22(28)19-7-8-20(24)31-19/h5-8,10-11,17H,2-4,9,12-13H2,1H3,(H,25,28)/b16-11+. The van der Waals surface area contributed by atoms with Crippen LogP contribution in [0.5, 0.6) is 0 Å². The number of nitrogens with zero attached hydrogens (tertiary/aromatic N) is 1. The number of rotatable bonds is 4. The van der Waals surface area contributed by atoms with Crippen molar-refractivity contribution >= 4 is 56.8 Å². The van der Waals surface area contributed by atoms with E-state index in [0.717, 1.165) is 33.4 Å². The molecule has 2 saturated heterocycles. The van der Waals surface area contributed by atoms with E-state index in [2.05, 4.69) is 21.2 Å². The summed E-state index contributed by atoms with van der Waals surface area (Å²) in [7, 11) is 0. The van der Waals surface area contributed by atoms with Crippen LogP contribution in [0.3, 0.4) is 0 Å². The predicted molar refractivity (Wildman–Crippen MR) is 124 cm³/mol. The van der Waals surface area contributed by atoms with Crippen LogP contribution >= 0.6 is 27.3 Å². The highest BCUT2D eigenvalue weighted by Gasteiger charge is 2.32. The van der Waals surface area contributed by atoms with E-state index in [4.69, 9.17) is 4.74 Å². The van der Waals surface area contributed by atoms with Gasteiger partial charge in [0.2, 0.25) is 5.91 Å². The summed E-state index contributed by atoms with van der Waals surface area (Å²) < 4.78 is 6.12. The Balaban J connectivity index is 1.46. The van der Waals surface area contributed by atoms with E-state index in [1.54, 1.807) is 11.0 Å². The second kappa shape index (κ2) is 9.36. The number of halogens is 1. The first-order valence-electron chi connectivity index (χ1n) is 10.3. The van der Waals surface area contributed by atoms with Gasteiger partial charge in [-0.05, 0) is 83.6 Å². The first-order valence-corrected chi connectivity index (χ1v) is 11.9. The van der Waals surface area contributed by atoms with Gasteiger partial charge in [0, 0.05) is 24.2 Å². The summed E-state index contributed by atoms with van der Waals surface area (Å²) in [5.41, 5.74) is 3.40. The Morgan fingerprint density at radius 2 is 2.10 bits per heavy atom. The predicted octanol–water partition coefficient (Wildman–Crippen LogP) is 4.46. The van der Waals surface area contributed by atoms with Gasteiger partial charge in [0.15, 0.2) is 0 Å². The molecular weight excluding hydrogens is 480 g/mol. The summed E-state index contributed by atoms with van der Waals surface area (Å²) in [4.78, 5) is 39.4. The van der Waals surface area contributed by atoms with Crippen molar-refractivity contribution in [2.75, 3.05) is 18.1 Å². The largest absolute Gasteiger partial charge is 0.462 e. The van der Waals surface area contributed by atoms with Gasteiger partial charge in [0.25, 0.3) is 5.91 Å². The maximum absolute atomic E-state index is 12.6. The number of benzene rings is 1. The van der Waals surface area contributed by atoms with Gasteiger partial charge in [-0.25, -0.2) is 4.79 Å². The molecule has 162 valence electrons. The van der Waals surface area contributed by atoms with Crippen LogP contribution in [0, 0.1) is 6.92 Å². The second-order valence-electron chi connectivity index (χ2n) is 7.79. The lowest BCUT2D eigenvalue weighted by Gasteiger charge is -2.18. The molecular formula is C23H23BrN2O4S. The minimum absolute atomic E-state index is 0.0180. The van der Waals surface area contributed by atoms with E-state index in [9.17, 15) is 14.4 Å². The summed E-state index contributed by atoms with van der Waals surface area (Å²) in [5, 5.41) is 2.96. The SMILES string of the molecule is Cc1cc(N2CC(NC(=O)c3ccc(Br)s3)CC2=O)ccc1/C=C1\CCCCOC1=O.